The van der Waals surface area contributed by atoms with Crippen molar-refractivity contribution in [2.75, 3.05) is 15.4 Å². The minimum Gasteiger partial charge on any atom is -0.454 e. The van der Waals surface area contributed by atoms with Crippen molar-refractivity contribution in [3.05, 3.63) is 71.2 Å². The average Bonchev–Trinajstić information content (AvgIpc) is 2.89. The molecule has 0 bridgehead atoms. The van der Waals surface area contributed by atoms with Crippen molar-refractivity contribution in [1.29, 1.82) is 0 Å². The SMILES string of the molecule is CC(C)C(=O)Nc1ccc(S(=O)(=O)Nc2ccc3c(c2)C(=O)Nc2cc(Cl)ccc2O3)cc1. The van der Waals surface area contributed by atoms with Crippen LogP contribution in [0.15, 0.2) is 65.6 Å². The van der Waals surface area contributed by atoms with Crippen molar-refractivity contribution in [1.82, 2.24) is 0 Å². The number of ether oxygens (including phenoxy) is 1. The molecule has 0 atom stereocenters. The third kappa shape index (κ3) is 4.94. The Morgan fingerprint density at radius 1 is 0.970 bits per heavy atom. The Balaban J connectivity index is 1.55. The van der Waals surface area contributed by atoms with Gasteiger partial charge in [0.05, 0.1) is 16.1 Å². The van der Waals surface area contributed by atoms with Crippen LogP contribution in [0.2, 0.25) is 5.02 Å². The molecule has 0 aromatic heterocycles. The largest absolute Gasteiger partial charge is 0.454 e. The second-order valence-corrected chi connectivity index (χ2v) is 9.80. The van der Waals surface area contributed by atoms with Crippen molar-refractivity contribution in [2.24, 2.45) is 5.92 Å². The minimum atomic E-state index is -3.94. The summed E-state index contributed by atoms with van der Waals surface area (Å²) in [6.45, 7) is 3.52. The monoisotopic (exact) mass is 485 g/mol. The summed E-state index contributed by atoms with van der Waals surface area (Å²) in [5.41, 5.74) is 1.25. The van der Waals surface area contributed by atoms with E-state index in [1.807, 2.05) is 0 Å². The number of carbonyl (C=O) groups excluding carboxylic acids is 2. The van der Waals surface area contributed by atoms with Crippen LogP contribution in [0.25, 0.3) is 0 Å². The summed E-state index contributed by atoms with van der Waals surface area (Å²) in [5, 5.41) is 5.85. The maximum Gasteiger partial charge on any atom is 0.261 e. The zero-order valence-electron chi connectivity index (χ0n) is 17.7. The van der Waals surface area contributed by atoms with Crippen molar-refractivity contribution < 1.29 is 22.7 Å². The van der Waals surface area contributed by atoms with E-state index in [0.29, 0.717) is 22.1 Å². The minimum absolute atomic E-state index is 0.00253. The number of halogens is 1. The molecule has 170 valence electrons. The zero-order chi connectivity index (χ0) is 23.8. The van der Waals surface area contributed by atoms with Crippen LogP contribution in [0.5, 0.6) is 11.5 Å². The highest BCUT2D eigenvalue weighted by atomic mass is 35.5. The van der Waals surface area contributed by atoms with Crippen LogP contribution in [0.4, 0.5) is 17.1 Å². The van der Waals surface area contributed by atoms with Crippen LogP contribution >= 0.6 is 11.6 Å². The van der Waals surface area contributed by atoms with Crippen LogP contribution in [0.1, 0.15) is 24.2 Å². The van der Waals surface area contributed by atoms with Gasteiger partial charge in [0, 0.05) is 22.3 Å². The molecule has 0 saturated carbocycles. The predicted molar refractivity (Wildman–Crippen MR) is 127 cm³/mol. The standard InChI is InChI=1S/C23H20ClN3O5S/c1-13(2)22(28)25-15-4-7-17(8-5-15)33(30,31)27-16-6-10-20-18(12-16)23(29)26-19-11-14(24)3-9-21(19)32-20/h3-13,27H,1-2H3,(H,25,28)(H,26,29). The third-order valence-corrected chi connectivity index (χ3v) is 6.47. The zero-order valence-corrected chi connectivity index (χ0v) is 19.3. The Morgan fingerprint density at radius 2 is 1.64 bits per heavy atom. The average molecular weight is 486 g/mol. The fourth-order valence-electron chi connectivity index (χ4n) is 3.08. The molecule has 0 spiro atoms. The van der Waals surface area contributed by atoms with E-state index in [2.05, 4.69) is 15.4 Å². The number of rotatable bonds is 5. The molecule has 33 heavy (non-hydrogen) atoms. The molecular weight excluding hydrogens is 466 g/mol. The number of amides is 2. The summed E-state index contributed by atoms with van der Waals surface area (Å²) >= 11 is 5.99. The topological polar surface area (TPSA) is 114 Å². The fourth-order valence-corrected chi connectivity index (χ4v) is 4.30. The molecular formula is C23H20ClN3O5S. The highest BCUT2D eigenvalue weighted by Crippen LogP contribution is 2.38. The van der Waals surface area contributed by atoms with E-state index in [9.17, 15) is 18.0 Å². The summed E-state index contributed by atoms with van der Waals surface area (Å²) in [6, 6.07) is 15.0. The number of hydrogen-bond acceptors (Lipinski definition) is 5. The van der Waals surface area contributed by atoms with Crippen molar-refractivity contribution >= 4 is 50.5 Å². The number of nitrogens with one attached hydrogen (secondary N) is 3. The molecule has 1 aliphatic rings. The van der Waals surface area contributed by atoms with Crippen LogP contribution in [-0.4, -0.2) is 20.2 Å². The van der Waals surface area contributed by atoms with Crippen LogP contribution < -0.4 is 20.1 Å². The normalized spacial score (nSPS) is 12.7. The molecule has 2 amide bonds. The number of sulfonamides is 1. The number of anilines is 3. The highest BCUT2D eigenvalue weighted by molar-refractivity contribution is 7.92. The second kappa shape index (κ2) is 8.76. The fraction of sp³-hybridized carbons (Fsp3) is 0.130. The molecule has 0 fully saturated rings. The Labute approximate surface area is 196 Å². The number of hydrogen-bond donors (Lipinski definition) is 3. The van der Waals surface area contributed by atoms with Gasteiger partial charge in [-0.25, -0.2) is 8.42 Å². The molecule has 3 N–H and O–H groups in total. The molecule has 0 saturated heterocycles. The molecule has 0 radical (unpaired) electrons. The van der Waals surface area contributed by atoms with Gasteiger partial charge in [0.25, 0.3) is 15.9 Å². The number of benzene rings is 3. The van der Waals surface area contributed by atoms with Crippen molar-refractivity contribution in [2.45, 2.75) is 18.7 Å². The van der Waals surface area contributed by atoms with E-state index < -0.39 is 15.9 Å². The van der Waals surface area contributed by atoms with E-state index in [-0.39, 0.29) is 33.7 Å². The molecule has 1 heterocycles. The van der Waals surface area contributed by atoms with Gasteiger partial charge in [0.2, 0.25) is 5.91 Å². The number of carbonyl (C=O) groups is 2. The highest BCUT2D eigenvalue weighted by Gasteiger charge is 2.23. The first kappa shape index (κ1) is 22.6. The molecule has 0 unspecified atom stereocenters. The van der Waals surface area contributed by atoms with Gasteiger partial charge in [-0.05, 0) is 60.7 Å². The Hall–Kier alpha value is -3.56. The van der Waals surface area contributed by atoms with Gasteiger partial charge in [0.1, 0.15) is 5.75 Å². The summed E-state index contributed by atoms with van der Waals surface area (Å²) < 4.78 is 33.9. The van der Waals surface area contributed by atoms with Gasteiger partial charge in [-0.3, -0.25) is 14.3 Å². The third-order valence-electron chi connectivity index (χ3n) is 4.84. The molecule has 4 rings (SSSR count). The van der Waals surface area contributed by atoms with Gasteiger partial charge in [-0.1, -0.05) is 25.4 Å². The van der Waals surface area contributed by atoms with Gasteiger partial charge in [-0.15, -0.1) is 0 Å². The summed E-state index contributed by atoms with van der Waals surface area (Å²) in [5.74, 6) is -0.128. The first-order chi connectivity index (χ1) is 15.6. The lowest BCUT2D eigenvalue weighted by Crippen LogP contribution is -2.18. The quantitative estimate of drug-likeness (QED) is 0.465. The molecule has 3 aromatic rings. The van der Waals surface area contributed by atoms with E-state index in [0.717, 1.165) is 0 Å². The maximum absolute atomic E-state index is 12.8. The van der Waals surface area contributed by atoms with Crippen molar-refractivity contribution in [3.8, 4) is 11.5 Å². The first-order valence-corrected chi connectivity index (χ1v) is 11.8. The molecule has 3 aromatic carbocycles. The summed E-state index contributed by atoms with van der Waals surface area (Å²) in [7, 11) is -3.94. The molecule has 10 heteroatoms. The van der Waals surface area contributed by atoms with E-state index >= 15 is 0 Å². The van der Waals surface area contributed by atoms with Gasteiger partial charge >= 0.3 is 0 Å². The lowest BCUT2D eigenvalue weighted by Gasteiger charge is -2.12. The second-order valence-electron chi connectivity index (χ2n) is 7.68. The van der Waals surface area contributed by atoms with E-state index in [1.54, 1.807) is 32.0 Å². The summed E-state index contributed by atoms with van der Waals surface area (Å²) in [4.78, 5) is 24.5. The van der Waals surface area contributed by atoms with Crippen LogP contribution in [-0.2, 0) is 14.8 Å². The first-order valence-electron chi connectivity index (χ1n) is 9.99. The van der Waals surface area contributed by atoms with Crippen LogP contribution in [0.3, 0.4) is 0 Å². The van der Waals surface area contributed by atoms with Crippen molar-refractivity contribution in [3.63, 3.8) is 0 Å². The van der Waals surface area contributed by atoms with Gasteiger partial charge in [0.15, 0.2) is 5.75 Å². The lowest BCUT2D eigenvalue weighted by atomic mass is 10.1. The van der Waals surface area contributed by atoms with E-state index in [4.69, 9.17) is 16.3 Å². The molecule has 1 aliphatic heterocycles. The Bertz CT molecular complexity index is 1360. The lowest BCUT2D eigenvalue weighted by molar-refractivity contribution is -0.118. The number of fused-ring (bicyclic) bond motifs is 2. The van der Waals surface area contributed by atoms with Crippen LogP contribution in [0, 0.1) is 5.92 Å². The van der Waals surface area contributed by atoms with E-state index in [1.165, 1.54) is 42.5 Å². The van der Waals surface area contributed by atoms with Gasteiger partial charge in [-0.2, -0.15) is 0 Å². The van der Waals surface area contributed by atoms with Gasteiger partial charge < -0.3 is 15.4 Å². The Morgan fingerprint density at radius 3 is 2.33 bits per heavy atom. The Kier molecular flexibility index (Phi) is 6.01. The smallest absolute Gasteiger partial charge is 0.261 e. The maximum atomic E-state index is 12.8. The molecule has 0 aliphatic carbocycles. The summed E-state index contributed by atoms with van der Waals surface area (Å²) in [6.07, 6.45) is 0. The molecule has 8 nitrogen and oxygen atoms in total. The predicted octanol–water partition coefficient (Wildman–Crippen LogP) is 5.09.